The smallest absolute Gasteiger partial charge is 0.220 e. The van der Waals surface area contributed by atoms with Crippen molar-refractivity contribution < 1.29 is 4.42 Å². The normalized spacial score (nSPS) is 12.4. The van der Waals surface area contributed by atoms with Gasteiger partial charge in [0.15, 0.2) is 0 Å². The summed E-state index contributed by atoms with van der Waals surface area (Å²) in [6.45, 7) is 0. The standard InChI is InChI=1S/C38H22N6O/c1-3-12-27-25(10-1)39-37-41(29-14-5-6-15-30(29)42(27)37)23-20-21-34-24(22-23)36-33(18-9-19-35(36)45-34)44-32-17-8-7-16-31(32)43-28-13-4-2-11-26(28)40-38(43)44/h1-22H. The van der Waals surface area contributed by atoms with Crippen LogP contribution in [-0.4, -0.2) is 27.9 Å². The molecule has 0 radical (unpaired) electrons. The number of hydrogen-bond donors (Lipinski definition) is 0. The summed E-state index contributed by atoms with van der Waals surface area (Å²) in [5.41, 5.74) is 12.3. The van der Waals surface area contributed by atoms with E-state index in [0.717, 1.165) is 89.0 Å². The molecule has 0 fully saturated rings. The molecule has 0 atom stereocenters. The van der Waals surface area contributed by atoms with Crippen molar-refractivity contribution in [1.29, 1.82) is 0 Å². The second-order valence-corrected chi connectivity index (χ2v) is 11.6. The van der Waals surface area contributed by atoms with Gasteiger partial charge >= 0.3 is 0 Å². The summed E-state index contributed by atoms with van der Waals surface area (Å²) in [4.78, 5) is 10.2. The van der Waals surface area contributed by atoms with Gasteiger partial charge in [-0.3, -0.25) is 17.9 Å². The summed E-state index contributed by atoms with van der Waals surface area (Å²) in [5.74, 6) is 1.75. The Morgan fingerprint density at radius 3 is 1.67 bits per heavy atom. The van der Waals surface area contributed by atoms with E-state index in [0.29, 0.717) is 0 Å². The quantitative estimate of drug-likeness (QED) is 0.206. The molecule has 0 saturated carbocycles. The Morgan fingerprint density at radius 1 is 0.444 bits per heavy atom. The summed E-state index contributed by atoms with van der Waals surface area (Å²) in [5, 5.41) is 2.09. The molecule has 11 rings (SSSR count). The van der Waals surface area contributed by atoms with Crippen LogP contribution in [0.3, 0.4) is 0 Å². The predicted octanol–water partition coefficient (Wildman–Crippen LogP) is 9.08. The van der Waals surface area contributed by atoms with Crippen LogP contribution in [0.25, 0.3) is 89.0 Å². The van der Waals surface area contributed by atoms with Gasteiger partial charge in [0.2, 0.25) is 11.6 Å². The first-order valence-corrected chi connectivity index (χ1v) is 15.0. The number of nitrogens with zero attached hydrogens (tertiary/aromatic N) is 6. The maximum atomic E-state index is 6.50. The molecule has 0 aliphatic rings. The van der Waals surface area contributed by atoms with E-state index < -0.39 is 0 Å². The van der Waals surface area contributed by atoms with Gasteiger partial charge in [0.05, 0.1) is 60.9 Å². The van der Waals surface area contributed by atoms with E-state index in [1.165, 1.54) is 0 Å². The lowest BCUT2D eigenvalue weighted by atomic mass is 10.1. The zero-order valence-corrected chi connectivity index (χ0v) is 23.8. The molecule has 0 bridgehead atoms. The van der Waals surface area contributed by atoms with Crippen LogP contribution in [0.5, 0.6) is 0 Å². The zero-order valence-electron chi connectivity index (χ0n) is 23.8. The Balaban J connectivity index is 1.25. The number of aromatic nitrogens is 6. The van der Waals surface area contributed by atoms with E-state index in [1.54, 1.807) is 0 Å². The molecule has 0 spiro atoms. The minimum absolute atomic E-state index is 0.834. The number of benzene rings is 6. The van der Waals surface area contributed by atoms with Crippen molar-refractivity contribution in [3.05, 3.63) is 133 Å². The van der Waals surface area contributed by atoms with Crippen molar-refractivity contribution in [1.82, 2.24) is 27.9 Å². The Labute approximate surface area is 254 Å². The lowest BCUT2D eigenvalue weighted by Gasteiger charge is -2.08. The highest BCUT2D eigenvalue weighted by molar-refractivity contribution is 6.11. The predicted molar refractivity (Wildman–Crippen MR) is 180 cm³/mol. The molecule has 7 heteroatoms. The first-order valence-electron chi connectivity index (χ1n) is 15.0. The molecule has 0 amide bonds. The lowest BCUT2D eigenvalue weighted by Crippen LogP contribution is -1.97. The molecule has 5 aromatic heterocycles. The molecule has 5 heterocycles. The summed E-state index contributed by atoms with van der Waals surface area (Å²) in [7, 11) is 0. The van der Waals surface area contributed by atoms with Gasteiger partial charge in [0.1, 0.15) is 11.2 Å². The first kappa shape index (κ1) is 23.2. The number of para-hydroxylation sites is 8. The van der Waals surface area contributed by atoms with Crippen LogP contribution in [0.1, 0.15) is 0 Å². The minimum atomic E-state index is 0.834. The van der Waals surface area contributed by atoms with E-state index in [1.807, 2.05) is 18.2 Å². The highest BCUT2D eigenvalue weighted by Crippen LogP contribution is 2.39. The average molecular weight is 579 g/mol. The summed E-state index contributed by atoms with van der Waals surface area (Å²) in [6.07, 6.45) is 0. The first-order chi connectivity index (χ1) is 22.3. The third-order valence-electron chi connectivity index (χ3n) is 9.17. The lowest BCUT2D eigenvalue weighted by molar-refractivity contribution is 0.668. The minimum Gasteiger partial charge on any atom is -0.456 e. The van der Waals surface area contributed by atoms with Crippen molar-refractivity contribution in [3.63, 3.8) is 0 Å². The Morgan fingerprint density at radius 2 is 1.00 bits per heavy atom. The van der Waals surface area contributed by atoms with Crippen LogP contribution >= 0.6 is 0 Å². The third kappa shape index (κ3) is 2.89. The maximum absolute atomic E-state index is 6.50. The van der Waals surface area contributed by atoms with Crippen molar-refractivity contribution in [3.8, 4) is 11.4 Å². The van der Waals surface area contributed by atoms with Crippen LogP contribution in [0.2, 0.25) is 0 Å². The van der Waals surface area contributed by atoms with Gasteiger partial charge in [0, 0.05) is 5.39 Å². The molecule has 7 nitrogen and oxygen atoms in total. The van der Waals surface area contributed by atoms with Crippen LogP contribution < -0.4 is 0 Å². The van der Waals surface area contributed by atoms with Gasteiger partial charge in [-0.2, -0.15) is 0 Å². The van der Waals surface area contributed by atoms with Gasteiger partial charge < -0.3 is 4.42 Å². The molecule has 0 unspecified atom stereocenters. The molecular formula is C38H22N6O. The molecule has 210 valence electrons. The van der Waals surface area contributed by atoms with E-state index >= 15 is 0 Å². The number of imidazole rings is 4. The number of furan rings is 1. The SMILES string of the molecule is c1ccc2c(c1)nc1n(-c3ccc4oc5cccc(-n6c7ccccc7n7c8ccccc8nc67)c5c4c3)c3ccccc3n21. The number of rotatable bonds is 2. The summed E-state index contributed by atoms with van der Waals surface area (Å²) < 4.78 is 15.5. The third-order valence-corrected chi connectivity index (χ3v) is 9.17. The topological polar surface area (TPSA) is 57.6 Å². The molecule has 11 aromatic rings. The van der Waals surface area contributed by atoms with Crippen molar-refractivity contribution in [2.75, 3.05) is 0 Å². The molecule has 0 aliphatic carbocycles. The molecular weight excluding hydrogens is 556 g/mol. The van der Waals surface area contributed by atoms with Gasteiger partial charge in [-0.15, -0.1) is 0 Å². The molecule has 6 aromatic carbocycles. The maximum Gasteiger partial charge on any atom is 0.220 e. The molecule has 0 N–H and O–H groups in total. The van der Waals surface area contributed by atoms with Crippen LogP contribution in [-0.2, 0) is 0 Å². The Bertz CT molecular complexity index is 3000. The zero-order chi connectivity index (χ0) is 29.2. The molecule has 0 aliphatic heterocycles. The van der Waals surface area contributed by atoms with Gasteiger partial charge in [-0.05, 0) is 78.9 Å². The molecule has 0 saturated heterocycles. The largest absolute Gasteiger partial charge is 0.456 e. The monoisotopic (exact) mass is 578 g/mol. The van der Waals surface area contributed by atoms with Crippen LogP contribution in [0, 0.1) is 0 Å². The van der Waals surface area contributed by atoms with E-state index in [2.05, 4.69) is 133 Å². The fourth-order valence-electron chi connectivity index (χ4n) is 7.32. The van der Waals surface area contributed by atoms with Gasteiger partial charge in [-0.1, -0.05) is 54.6 Å². The summed E-state index contributed by atoms with van der Waals surface area (Å²) in [6, 6.07) is 46.3. The summed E-state index contributed by atoms with van der Waals surface area (Å²) >= 11 is 0. The van der Waals surface area contributed by atoms with Crippen molar-refractivity contribution >= 4 is 77.6 Å². The molecule has 45 heavy (non-hydrogen) atoms. The van der Waals surface area contributed by atoms with E-state index in [9.17, 15) is 0 Å². The van der Waals surface area contributed by atoms with Crippen LogP contribution in [0.15, 0.2) is 138 Å². The fourth-order valence-corrected chi connectivity index (χ4v) is 7.32. The highest BCUT2D eigenvalue weighted by Gasteiger charge is 2.22. The van der Waals surface area contributed by atoms with Crippen LogP contribution in [0.4, 0.5) is 0 Å². The van der Waals surface area contributed by atoms with E-state index in [-0.39, 0.29) is 0 Å². The number of hydrogen-bond acceptors (Lipinski definition) is 3. The van der Waals surface area contributed by atoms with Gasteiger partial charge in [-0.25, -0.2) is 9.97 Å². The number of fused-ring (bicyclic) bond motifs is 13. The van der Waals surface area contributed by atoms with Crippen molar-refractivity contribution in [2.24, 2.45) is 0 Å². The second-order valence-electron chi connectivity index (χ2n) is 11.6. The fraction of sp³-hybridized carbons (Fsp3) is 0. The second kappa shape index (κ2) is 8.18. The van der Waals surface area contributed by atoms with E-state index in [4.69, 9.17) is 14.4 Å². The Hall–Kier alpha value is -6.34. The van der Waals surface area contributed by atoms with Crippen molar-refractivity contribution in [2.45, 2.75) is 0 Å². The van der Waals surface area contributed by atoms with Gasteiger partial charge in [0.25, 0.3) is 0 Å². The average Bonchev–Trinajstić information content (AvgIpc) is 3.87. The Kier molecular flexibility index (Phi) is 4.21. The highest BCUT2D eigenvalue weighted by atomic mass is 16.3.